The molecule has 1 amide bonds. The molecule has 0 aliphatic carbocycles. The maximum Gasteiger partial charge on any atom is 0.433 e. The number of nitrogens with zero attached hydrogens (tertiary/aromatic N) is 5. The number of fused-ring (bicyclic) bond motifs is 2. The molecule has 1 aromatic carbocycles. The van der Waals surface area contributed by atoms with Crippen LogP contribution in [0.25, 0.3) is 27.8 Å². The summed E-state index contributed by atoms with van der Waals surface area (Å²) in [5.41, 5.74) is -2.43. The molecule has 1 saturated heterocycles. The fourth-order valence-corrected chi connectivity index (χ4v) is 5.15. The Morgan fingerprint density at radius 2 is 1.67 bits per heavy atom. The van der Waals surface area contributed by atoms with E-state index in [0.29, 0.717) is 30.3 Å². The van der Waals surface area contributed by atoms with Gasteiger partial charge in [-0.15, -0.1) is 0 Å². The summed E-state index contributed by atoms with van der Waals surface area (Å²) >= 11 is 0. The van der Waals surface area contributed by atoms with Gasteiger partial charge in [0.15, 0.2) is 17.2 Å². The maximum atomic E-state index is 14.7. The zero-order valence-corrected chi connectivity index (χ0v) is 25.0. The Balaban J connectivity index is 1.61. The number of nitrogens with one attached hydrogen (secondary N) is 1. The Morgan fingerprint density at radius 3 is 2.35 bits per heavy atom. The molecule has 3 aromatic heterocycles. The smallest absolute Gasteiger partial charge is 0.433 e. The number of hydrogen-bond acceptors (Lipinski definition) is 7. The van der Waals surface area contributed by atoms with Crippen molar-refractivity contribution in [1.29, 1.82) is 0 Å². The van der Waals surface area contributed by atoms with Crippen LogP contribution in [0.5, 0.6) is 0 Å². The van der Waals surface area contributed by atoms with Gasteiger partial charge in [-0.1, -0.05) is 18.2 Å². The summed E-state index contributed by atoms with van der Waals surface area (Å²) in [6.45, 7) is 11.3. The number of piperidine rings is 1. The largest absolute Gasteiger partial charge is 0.444 e. The van der Waals surface area contributed by atoms with E-state index in [4.69, 9.17) is 9.47 Å². The second-order valence-electron chi connectivity index (χ2n) is 12.6. The molecule has 43 heavy (non-hydrogen) atoms. The topological polar surface area (TPSA) is 103 Å². The first-order valence-electron chi connectivity index (χ1n) is 14.0. The maximum absolute atomic E-state index is 14.7. The molecule has 1 atom stereocenters. The molecule has 4 heterocycles. The molecular weight excluding hydrogens is 565 g/mol. The van der Waals surface area contributed by atoms with Crippen LogP contribution in [-0.2, 0) is 15.7 Å². The summed E-state index contributed by atoms with van der Waals surface area (Å²) in [7, 11) is 0. The second-order valence-corrected chi connectivity index (χ2v) is 12.6. The van der Waals surface area contributed by atoms with E-state index in [1.54, 1.807) is 70.7 Å². The standard InChI is InChI=1S/C30H35F3N6O4/c1-28(2,3)42-26(40)37-14-9-10-18(16-37)35-24-25-34-13-15-38(25)23(30(31,32)33)22(36-24)20-17-39(27(41)43-29(4,5)6)21-12-8-7-11-19(20)21/h7-8,11-13,15,17-18H,9-10,14,16H2,1-6H3,(H,35,36)/t18-/m0/s1. The molecule has 4 aromatic rings. The van der Waals surface area contributed by atoms with Crippen molar-refractivity contribution < 1.29 is 32.2 Å². The number of anilines is 1. The van der Waals surface area contributed by atoms with Gasteiger partial charge in [0, 0.05) is 48.7 Å². The van der Waals surface area contributed by atoms with Crippen LogP contribution in [0.1, 0.15) is 60.1 Å². The minimum absolute atomic E-state index is 0.0126. The highest BCUT2D eigenvalue weighted by Crippen LogP contribution is 2.41. The van der Waals surface area contributed by atoms with Crippen molar-refractivity contribution in [3.63, 3.8) is 0 Å². The lowest BCUT2D eigenvalue weighted by Gasteiger charge is -2.34. The third kappa shape index (κ3) is 6.40. The highest BCUT2D eigenvalue weighted by Gasteiger charge is 2.40. The number of para-hydroxylation sites is 1. The number of halogens is 3. The van der Waals surface area contributed by atoms with Gasteiger partial charge >= 0.3 is 18.4 Å². The summed E-state index contributed by atoms with van der Waals surface area (Å²) in [4.78, 5) is 36.1. The number of imidazole rings is 1. The Morgan fingerprint density at radius 1 is 1.00 bits per heavy atom. The minimum atomic E-state index is -4.81. The van der Waals surface area contributed by atoms with E-state index < -0.39 is 35.3 Å². The van der Waals surface area contributed by atoms with Gasteiger partial charge in [0.25, 0.3) is 0 Å². The Kier molecular flexibility index (Phi) is 7.55. The van der Waals surface area contributed by atoms with E-state index in [1.807, 2.05) is 0 Å². The Labute approximate surface area is 246 Å². The highest BCUT2D eigenvalue weighted by molar-refractivity contribution is 6.00. The van der Waals surface area contributed by atoms with E-state index in [-0.39, 0.29) is 35.3 Å². The monoisotopic (exact) mass is 600 g/mol. The number of benzene rings is 1. The second kappa shape index (κ2) is 10.8. The number of likely N-dealkylation sites (tertiary alicyclic amines) is 1. The molecule has 0 saturated carbocycles. The lowest BCUT2D eigenvalue weighted by molar-refractivity contribution is -0.141. The predicted molar refractivity (Wildman–Crippen MR) is 155 cm³/mol. The minimum Gasteiger partial charge on any atom is -0.444 e. The highest BCUT2D eigenvalue weighted by atomic mass is 19.4. The molecule has 0 radical (unpaired) electrons. The first-order valence-corrected chi connectivity index (χ1v) is 14.0. The summed E-state index contributed by atoms with van der Waals surface area (Å²) in [5, 5.41) is 3.64. The molecule has 5 rings (SSSR count). The first-order chi connectivity index (χ1) is 20.0. The van der Waals surface area contributed by atoms with Crippen LogP contribution in [0.3, 0.4) is 0 Å². The average molecular weight is 601 g/mol. The quantitative estimate of drug-likeness (QED) is 0.271. The SMILES string of the molecule is CC(C)(C)OC(=O)N1CCC[C@H](Nc2nc(-c3cn(C(=O)OC(C)(C)C)c4ccccc34)c(C(F)(F)F)n3ccnc23)C1. The molecule has 230 valence electrons. The molecule has 1 fully saturated rings. The van der Waals surface area contributed by atoms with Crippen LogP contribution in [0, 0.1) is 0 Å². The summed E-state index contributed by atoms with van der Waals surface area (Å²) in [6, 6.07) is 6.33. The number of aromatic nitrogens is 4. The molecule has 0 bridgehead atoms. The molecule has 1 aliphatic heterocycles. The molecule has 1 aliphatic rings. The predicted octanol–water partition coefficient (Wildman–Crippen LogP) is 6.96. The van der Waals surface area contributed by atoms with Crippen LogP contribution in [0.2, 0.25) is 0 Å². The third-order valence-electron chi connectivity index (χ3n) is 6.78. The number of carbonyl (C=O) groups excluding carboxylic acids is 2. The Hall–Kier alpha value is -4.29. The van der Waals surface area contributed by atoms with Crippen molar-refractivity contribution in [3.05, 3.63) is 48.5 Å². The van der Waals surface area contributed by atoms with Crippen LogP contribution in [-0.4, -0.2) is 66.4 Å². The van der Waals surface area contributed by atoms with E-state index in [0.717, 1.165) is 4.40 Å². The molecule has 0 spiro atoms. The molecule has 0 unspecified atom stereocenters. The van der Waals surface area contributed by atoms with Gasteiger partial charge in [0.1, 0.15) is 16.9 Å². The van der Waals surface area contributed by atoms with Crippen LogP contribution in [0.15, 0.2) is 42.9 Å². The van der Waals surface area contributed by atoms with Crippen molar-refractivity contribution in [2.24, 2.45) is 0 Å². The fourth-order valence-electron chi connectivity index (χ4n) is 5.15. The van der Waals surface area contributed by atoms with Gasteiger partial charge in [-0.25, -0.2) is 19.6 Å². The van der Waals surface area contributed by atoms with Gasteiger partial charge in [-0.05, 0) is 60.5 Å². The number of ether oxygens (including phenoxy) is 2. The fraction of sp³-hybridized carbons (Fsp3) is 0.467. The number of rotatable bonds is 3. The molecule has 13 heteroatoms. The van der Waals surface area contributed by atoms with Crippen molar-refractivity contribution in [2.45, 2.75) is 77.8 Å². The van der Waals surface area contributed by atoms with Gasteiger partial charge in [-0.3, -0.25) is 8.97 Å². The van der Waals surface area contributed by atoms with Crippen molar-refractivity contribution in [2.75, 3.05) is 18.4 Å². The van der Waals surface area contributed by atoms with Gasteiger partial charge in [0.05, 0.1) is 5.52 Å². The average Bonchev–Trinajstić information content (AvgIpc) is 3.51. The van der Waals surface area contributed by atoms with Crippen molar-refractivity contribution in [1.82, 2.24) is 23.8 Å². The summed E-state index contributed by atoms with van der Waals surface area (Å²) in [6.07, 6.45) is -0.841. The lowest BCUT2D eigenvalue weighted by atomic mass is 10.1. The van der Waals surface area contributed by atoms with Crippen molar-refractivity contribution in [3.8, 4) is 11.3 Å². The zero-order chi connectivity index (χ0) is 31.3. The first kappa shape index (κ1) is 30.2. The number of hydrogen-bond donors (Lipinski definition) is 1. The van der Waals surface area contributed by atoms with Crippen LogP contribution in [0.4, 0.5) is 28.6 Å². The molecular formula is C30H35F3N6O4. The summed E-state index contributed by atoms with van der Waals surface area (Å²) < 4.78 is 57.4. The van der Waals surface area contributed by atoms with E-state index in [1.165, 1.54) is 23.2 Å². The van der Waals surface area contributed by atoms with Gasteiger partial charge in [-0.2, -0.15) is 13.2 Å². The van der Waals surface area contributed by atoms with Crippen LogP contribution >= 0.6 is 0 Å². The van der Waals surface area contributed by atoms with E-state index >= 15 is 0 Å². The van der Waals surface area contributed by atoms with E-state index in [9.17, 15) is 22.8 Å². The Bertz CT molecular complexity index is 1680. The normalized spacial score (nSPS) is 16.5. The molecule has 1 N–H and O–H groups in total. The zero-order valence-electron chi connectivity index (χ0n) is 25.0. The van der Waals surface area contributed by atoms with Gasteiger partial charge in [0.2, 0.25) is 0 Å². The lowest BCUT2D eigenvalue weighted by Crippen LogP contribution is -2.47. The number of amides is 1. The number of alkyl halides is 3. The van der Waals surface area contributed by atoms with Crippen molar-refractivity contribution >= 4 is 34.6 Å². The number of carbonyl (C=O) groups is 2. The van der Waals surface area contributed by atoms with E-state index in [2.05, 4.69) is 15.3 Å². The van der Waals surface area contributed by atoms with Crippen LogP contribution < -0.4 is 5.32 Å². The molecule has 10 nitrogen and oxygen atoms in total. The third-order valence-corrected chi connectivity index (χ3v) is 6.78. The van der Waals surface area contributed by atoms with Gasteiger partial charge < -0.3 is 19.7 Å². The summed E-state index contributed by atoms with van der Waals surface area (Å²) in [5.74, 6) is 0.123.